The Morgan fingerprint density at radius 2 is 1.37 bits per heavy atom. The number of hydrogen-bond acceptors (Lipinski definition) is 5. The first-order valence-electron chi connectivity index (χ1n) is 6.90. The van der Waals surface area contributed by atoms with E-state index < -0.39 is 14.2 Å². The molecular weight excluding hydrogens is 264 g/mol. The van der Waals surface area contributed by atoms with Gasteiger partial charge in [0.15, 0.2) is 0 Å². The second-order valence-electron chi connectivity index (χ2n) is 5.12. The number of rotatable bonds is 9. The molecule has 0 saturated heterocycles. The summed E-state index contributed by atoms with van der Waals surface area (Å²) in [5.41, 5.74) is -0.493. The molecule has 0 rings (SSSR count). The maximum absolute atomic E-state index is 11.7. The predicted molar refractivity (Wildman–Crippen MR) is 75.9 cm³/mol. The highest BCUT2D eigenvalue weighted by molar-refractivity contribution is 6.60. The van der Waals surface area contributed by atoms with Crippen LogP contribution in [-0.4, -0.2) is 41.2 Å². The quantitative estimate of drug-likeness (QED) is 0.483. The molecule has 0 atom stereocenters. The smallest absolute Gasteiger partial charge is 0.465 e. The molecule has 0 amide bonds. The van der Waals surface area contributed by atoms with Gasteiger partial charge >= 0.3 is 14.8 Å². The molecule has 0 aromatic carbocycles. The summed E-state index contributed by atoms with van der Waals surface area (Å²) < 4.78 is 22.3. The zero-order chi connectivity index (χ0) is 14.9. The maximum atomic E-state index is 11.7. The average Bonchev–Trinajstić information content (AvgIpc) is 2.28. The third kappa shape index (κ3) is 7.05. The minimum Gasteiger partial charge on any atom is -0.465 e. The Labute approximate surface area is 117 Å². The summed E-state index contributed by atoms with van der Waals surface area (Å²) in [5.74, 6) is -0.222. The van der Waals surface area contributed by atoms with E-state index >= 15 is 0 Å². The first-order valence-corrected chi connectivity index (χ1v) is 8.83. The van der Waals surface area contributed by atoms with Crippen LogP contribution in [0.5, 0.6) is 0 Å². The van der Waals surface area contributed by atoms with E-state index in [4.69, 9.17) is 18.0 Å². The van der Waals surface area contributed by atoms with E-state index in [9.17, 15) is 4.79 Å². The van der Waals surface area contributed by atoms with Crippen LogP contribution in [0.25, 0.3) is 0 Å². The highest BCUT2D eigenvalue weighted by Crippen LogP contribution is 2.19. The Morgan fingerprint density at radius 3 is 1.68 bits per heavy atom. The minimum absolute atomic E-state index is 0.222. The lowest BCUT2D eigenvalue weighted by atomic mass is 9.97. The summed E-state index contributed by atoms with van der Waals surface area (Å²) in [5, 5.41) is 0. The predicted octanol–water partition coefficient (Wildman–Crippen LogP) is 2.62. The molecule has 0 unspecified atom stereocenters. The van der Waals surface area contributed by atoms with E-state index in [1.54, 1.807) is 0 Å². The molecule has 0 aliphatic heterocycles. The van der Waals surface area contributed by atoms with Crippen molar-refractivity contribution >= 4 is 14.8 Å². The fourth-order valence-corrected chi connectivity index (χ4v) is 3.84. The summed E-state index contributed by atoms with van der Waals surface area (Å²) in [6.45, 7) is 13.0. The number of carbonyl (C=O) groups is 1. The molecule has 0 aliphatic rings. The van der Waals surface area contributed by atoms with Crippen LogP contribution in [0, 0.1) is 5.41 Å². The summed E-state index contributed by atoms with van der Waals surface area (Å²) in [4.78, 5) is 11.7. The minimum atomic E-state index is -2.70. The topological polar surface area (TPSA) is 54.0 Å². The van der Waals surface area contributed by atoms with Gasteiger partial charge in [-0.1, -0.05) is 0 Å². The van der Waals surface area contributed by atoms with Gasteiger partial charge in [0, 0.05) is 19.8 Å². The van der Waals surface area contributed by atoms with Crippen LogP contribution in [0.2, 0.25) is 6.04 Å². The second kappa shape index (κ2) is 8.68. The monoisotopic (exact) mass is 292 g/mol. The molecule has 114 valence electrons. The van der Waals surface area contributed by atoms with E-state index in [1.165, 1.54) is 0 Å². The Bertz CT molecular complexity index is 245. The van der Waals surface area contributed by atoms with Gasteiger partial charge in [-0.05, 0) is 41.5 Å². The standard InChI is InChI=1S/C13H28O5Si/c1-7-16-19(17-8-2,18-9-3)11-10-15-12(14)13(4,5)6/h7-11H2,1-6H3. The van der Waals surface area contributed by atoms with Crippen molar-refractivity contribution in [2.75, 3.05) is 26.4 Å². The van der Waals surface area contributed by atoms with Crippen molar-refractivity contribution in [3.63, 3.8) is 0 Å². The van der Waals surface area contributed by atoms with Crippen molar-refractivity contribution in [3.8, 4) is 0 Å². The van der Waals surface area contributed by atoms with Crippen LogP contribution in [0.4, 0.5) is 0 Å². The summed E-state index contributed by atoms with van der Waals surface area (Å²) in [7, 11) is -2.70. The van der Waals surface area contributed by atoms with Crippen LogP contribution in [-0.2, 0) is 22.8 Å². The Morgan fingerprint density at radius 1 is 0.947 bits per heavy atom. The molecule has 0 aromatic heterocycles. The van der Waals surface area contributed by atoms with Crippen molar-refractivity contribution in [2.45, 2.75) is 47.6 Å². The summed E-state index contributed by atoms with van der Waals surface area (Å²) in [6, 6.07) is 0.490. The van der Waals surface area contributed by atoms with Crippen LogP contribution < -0.4 is 0 Å². The van der Waals surface area contributed by atoms with Crippen molar-refractivity contribution in [3.05, 3.63) is 0 Å². The van der Waals surface area contributed by atoms with Crippen molar-refractivity contribution in [1.29, 1.82) is 0 Å². The van der Waals surface area contributed by atoms with E-state index in [2.05, 4.69) is 0 Å². The lowest BCUT2D eigenvalue weighted by Gasteiger charge is -2.28. The van der Waals surface area contributed by atoms with Gasteiger partial charge in [-0.2, -0.15) is 0 Å². The highest BCUT2D eigenvalue weighted by atomic mass is 28.4. The lowest BCUT2D eigenvalue weighted by molar-refractivity contribution is -0.152. The van der Waals surface area contributed by atoms with Crippen molar-refractivity contribution in [1.82, 2.24) is 0 Å². The van der Waals surface area contributed by atoms with Gasteiger partial charge in [0.05, 0.1) is 18.1 Å². The Kier molecular flexibility index (Phi) is 8.48. The molecule has 0 aliphatic carbocycles. The van der Waals surface area contributed by atoms with Crippen molar-refractivity contribution < 1.29 is 22.8 Å². The lowest BCUT2D eigenvalue weighted by Crippen LogP contribution is -2.47. The molecule has 0 fully saturated rings. The second-order valence-corrected chi connectivity index (χ2v) is 7.85. The van der Waals surface area contributed by atoms with E-state index in [0.717, 1.165) is 0 Å². The molecular formula is C13H28O5Si. The fourth-order valence-electron chi connectivity index (χ4n) is 1.49. The SMILES string of the molecule is CCO[Si](CCOC(=O)C(C)(C)C)(OCC)OCC. The van der Waals surface area contributed by atoms with E-state index in [1.807, 2.05) is 41.5 Å². The molecule has 5 nitrogen and oxygen atoms in total. The largest absolute Gasteiger partial charge is 0.504 e. The zero-order valence-electron chi connectivity index (χ0n) is 13.1. The molecule has 0 N–H and O–H groups in total. The van der Waals surface area contributed by atoms with Crippen LogP contribution in [0.3, 0.4) is 0 Å². The molecule has 0 saturated carbocycles. The van der Waals surface area contributed by atoms with Crippen LogP contribution in [0.15, 0.2) is 0 Å². The zero-order valence-corrected chi connectivity index (χ0v) is 14.1. The average molecular weight is 292 g/mol. The van der Waals surface area contributed by atoms with Gasteiger partial charge in [-0.25, -0.2) is 0 Å². The Balaban J connectivity index is 4.44. The number of ether oxygens (including phenoxy) is 1. The molecule has 6 heteroatoms. The first-order chi connectivity index (χ1) is 8.81. The third-order valence-corrected chi connectivity index (χ3v) is 5.35. The van der Waals surface area contributed by atoms with Gasteiger partial charge in [0.2, 0.25) is 0 Å². The summed E-state index contributed by atoms with van der Waals surface area (Å²) in [6.07, 6.45) is 0. The molecule has 0 spiro atoms. The third-order valence-electron chi connectivity index (χ3n) is 2.35. The van der Waals surface area contributed by atoms with Gasteiger partial charge in [0.1, 0.15) is 0 Å². The highest BCUT2D eigenvalue weighted by Gasteiger charge is 2.40. The summed E-state index contributed by atoms with van der Waals surface area (Å²) >= 11 is 0. The molecule has 0 radical (unpaired) electrons. The van der Waals surface area contributed by atoms with Gasteiger partial charge in [-0.3, -0.25) is 4.79 Å². The van der Waals surface area contributed by atoms with Crippen LogP contribution in [0.1, 0.15) is 41.5 Å². The molecule has 0 aromatic rings. The number of esters is 1. The van der Waals surface area contributed by atoms with E-state index in [0.29, 0.717) is 25.9 Å². The molecule has 0 heterocycles. The molecule has 0 bridgehead atoms. The Hall–Kier alpha value is -0.433. The first kappa shape index (κ1) is 18.6. The van der Waals surface area contributed by atoms with Gasteiger partial charge in [-0.15, -0.1) is 0 Å². The van der Waals surface area contributed by atoms with Crippen LogP contribution >= 0.6 is 0 Å². The van der Waals surface area contributed by atoms with Gasteiger partial charge in [0.25, 0.3) is 0 Å². The number of carbonyl (C=O) groups excluding carboxylic acids is 1. The molecule has 19 heavy (non-hydrogen) atoms. The van der Waals surface area contributed by atoms with Gasteiger partial charge < -0.3 is 18.0 Å². The normalized spacial score (nSPS) is 12.5. The van der Waals surface area contributed by atoms with Crippen molar-refractivity contribution in [2.24, 2.45) is 5.41 Å². The maximum Gasteiger partial charge on any atom is 0.504 e. The fraction of sp³-hybridized carbons (Fsp3) is 0.923. The van der Waals surface area contributed by atoms with E-state index in [-0.39, 0.29) is 12.6 Å². The number of hydrogen-bond donors (Lipinski definition) is 0.